The van der Waals surface area contributed by atoms with E-state index >= 15 is 0 Å². The van der Waals surface area contributed by atoms with Gasteiger partial charge in [-0.15, -0.1) is 0 Å². The van der Waals surface area contributed by atoms with Crippen molar-refractivity contribution in [3.63, 3.8) is 0 Å². The number of rotatable bonds is 4. The Bertz CT molecular complexity index is 444. The third-order valence-corrected chi connectivity index (χ3v) is 3.55. The molecule has 0 unspecified atom stereocenters. The molecule has 96 valence electrons. The second-order valence-electron chi connectivity index (χ2n) is 4.67. The maximum Gasteiger partial charge on any atom is 0.244 e. The minimum atomic E-state index is -0.387. The van der Waals surface area contributed by atoms with Crippen LogP contribution in [0.3, 0.4) is 0 Å². The van der Waals surface area contributed by atoms with Crippen molar-refractivity contribution in [2.24, 2.45) is 0 Å². The zero-order chi connectivity index (χ0) is 13.0. The van der Waals surface area contributed by atoms with Gasteiger partial charge in [-0.2, -0.15) is 0 Å². The van der Waals surface area contributed by atoms with Gasteiger partial charge in [-0.3, -0.25) is 4.79 Å². The van der Waals surface area contributed by atoms with E-state index in [1.807, 2.05) is 12.1 Å². The summed E-state index contributed by atoms with van der Waals surface area (Å²) in [6, 6.07) is 7.25. The number of carbonyl (C=O) groups excluding carboxylic acids is 1. The van der Waals surface area contributed by atoms with Crippen molar-refractivity contribution >= 4 is 23.6 Å². The lowest BCUT2D eigenvalue weighted by atomic mass is 9.77. The van der Waals surface area contributed by atoms with Gasteiger partial charge in [0.15, 0.2) is 0 Å². The summed E-state index contributed by atoms with van der Waals surface area (Å²) in [5.74, 6) is -0.168. The molecule has 0 radical (unpaired) electrons. The van der Waals surface area contributed by atoms with E-state index in [1.165, 1.54) is 6.08 Å². The fourth-order valence-corrected chi connectivity index (χ4v) is 2.10. The fourth-order valence-electron chi connectivity index (χ4n) is 1.98. The highest BCUT2D eigenvalue weighted by Gasteiger charge is 2.37. The van der Waals surface area contributed by atoms with Crippen molar-refractivity contribution in [1.82, 2.24) is 5.32 Å². The summed E-state index contributed by atoms with van der Waals surface area (Å²) >= 11 is 5.78. The van der Waals surface area contributed by atoms with Crippen LogP contribution in [0.1, 0.15) is 24.8 Å². The highest BCUT2D eigenvalue weighted by atomic mass is 35.5. The molecule has 0 bridgehead atoms. The van der Waals surface area contributed by atoms with Crippen molar-refractivity contribution in [3.8, 4) is 0 Å². The van der Waals surface area contributed by atoms with Crippen LogP contribution in [0.4, 0.5) is 0 Å². The third-order valence-electron chi connectivity index (χ3n) is 3.30. The third kappa shape index (κ3) is 3.12. The first-order chi connectivity index (χ1) is 8.63. The molecule has 0 spiro atoms. The molecule has 0 saturated heterocycles. The molecule has 0 atom stereocenters. The first-order valence-corrected chi connectivity index (χ1v) is 6.38. The second-order valence-corrected chi connectivity index (χ2v) is 5.10. The zero-order valence-corrected chi connectivity index (χ0v) is 10.8. The predicted octanol–water partition coefficient (Wildman–Crippen LogP) is 2.38. The van der Waals surface area contributed by atoms with Gasteiger partial charge in [0.1, 0.15) is 0 Å². The van der Waals surface area contributed by atoms with Crippen LogP contribution in [0.25, 0.3) is 6.08 Å². The highest BCUT2D eigenvalue weighted by Crippen LogP contribution is 2.31. The van der Waals surface area contributed by atoms with Crippen LogP contribution in [0, 0.1) is 0 Å². The largest absolute Gasteiger partial charge is 0.394 e. The van der Waals surface area contributed by atoms with Crippen LogP contribution in [-0.4, -0.2) is 23.2 Å². The Morgan fingerprint density at radius 2 is 2.06 bits per heavy atom. The molecular formula is C14H16ClNO2. The molecule has 0 heterocycles. The number of hydrogen-bond donors (Lipinski definition) is 2. The van der Waals surface area contributed by atoms with Crippen molar-refractivity contribution in [3.05, 3.63) is 40.9 Å². The van der Waals surface area contributed by atoms with Gasteiger partial charge in [0.2, 0.25) is 5.91 Å². The molecule has 4 heteroatoms. The molecule has 1 aliphatic rings. The molecule has 1 aromatic carbocycles. The monoisotopic (exact) mass is 265 g/mol. The van der Waals surface area contributed by atoms with E-state index in [0.717, 1.165) is 24.8 Å². The van der Waals surface area contributed by atoms with Gasteiger partial charge in [0.25, 0.3) is 0 Å². The minimum absolute atomic E-state index is 0.00747. The fraction of sp³-hybridized carbons (Fsp3) is 0.357. The molecular weight excluding hydrogens is 250 g/mol. The maximum atomic E-state index is 11.7. The minimum Gasteiger partial charge on any atom is -0.394 e. The van der Waals surface area contributed by atoms with Gasteiger partial charge in [-0.1, -0.05) is 23.7 Å². The van der Waals surface area contributed by atoms with Crippen molar-refractivity contribution < 1.29 is 9.90 Å². The second kappa shape index (κ2) is 5.55. The Labute approximate surface area is 111 Å². The van der Waals surface area contributed by atoms with Gasteiger partial charge in [0, 0.05) is 11.1 Å². The average Bonchev–Trinajstić information content (AvgIpc) is 2.33. The number of aliphatic hydroxyl groups is 1. The molecule has 1 saturated carbocycles. The standard InChI is InChI=1S/C14H16ClNO2/c15-12-5-2-11(3-6-12)4-7-13(18)16-14(10-17)8-1-9-14/h2-7,17H,1,8-10H2,(H,16,18)/b7-4+. The number of hydrogen-bond acceptors (Lipinski definition) is 2. The molecule has 0 aliphatic heterocycles. The summed E-state index contributed by atoms with van der Waals surface area (Å²) in [6.07, 6.45) is 5.98. The Morgan fingerprint density at radius 3 is 2.56 bits per heavy atom. The molecule has 1 fully saturated rings. The SMILES string of the molecule is O=C(/C=C/c1ccc(Cl)cc1)NC1(CO)CCC1. The highest BCUT2D eigenvalue weighted by molar-refractivity contribution is 6.30. The molecule has 1 aromatic rings. The van der Waals surface area contributed by atoms with Gasteiger partial charge >= 0.3 is 0 Å². The maximum absolute atomic E-state index is 11.7. The van der Waals surface area contributed by atoms with E-state index in [0.29, 0.717) is 5.02 Å². The number of halogens is 1. The topological polar surface area (TPSA) is 49.3 Å². The van der Waals surface area contributed by atoms with Crippen molar-refractivity contribution in [2.75, 3.05) is 6.61 Å². The summed E-state index contributed by atoms with van der Waals surface area (Å²) in [4.78, 5) is 11.7. The van der Waals surface area contributed by atoms with E-state index in [-0.39, 0.29) is 18.1 Å². The lowest BCUT2D eigenvalue weighted by molar-refractivity contribution is -0.120. The normalized spacial score (nSPS) is 17.4. The Hall–Kier alpha value is -1.32. The van der Waals surface area contributed by atoms with E-state index < -0.39 is 0 Å². The lowest BCUT2D eigenvalue weighted by Gasteiger charge is -2.40. The van der Waals surface area contributed by atoms with Crippen LogP contribution in [-0.2, 0) is 4.79 Å². The number of benzene rings is 1. The first kappa shape index (κ1) is 13.1. The summed E-state index contributed by atoms with van der Waals surface area (Å²) in [5, 5.41) is 12.8. The van der Waals surface area contributed by atoms with E-state index in [1.54, 1.807) is 18.2 Å². The summed E-state index contributed by atoms with van der Waals surface area (Å²) in [5.41, 5.74) is 0.530. The molecule has 3 nitrogen and oxygen atoms in total. The van der Waals surface area contributed by atoms with Crippen LogP contribution < -0.4 is 5.32 Å². The van der Waals surface area contributed by atoms with E-state index in [4.69, 9.17) is 11.6 Å². The Balaban J connectivity index is 1.92. The van der Waals surface area contributed by atoms with Gasteiger partial charge in [-0.05, 0) is 43.0 Å². The van der Waals surface area contributed by atoms with E-state index in [9.17, 15) is 9.90 Å². The van der Waals surface area contributed by atoms with Crippen LogP contribution in [0.15, 0.2) is 30.3 Å². The van der Waals surface area contributed by atoms with Crippen LogP contribution in [0.5, 0.6) is 0 Å². The number of amides is 1. The first-order valence-electron chi connectivity index (χ1n) is 6.00. The van der Waals surface area contributed by atoms with Crippen molar-refractivity contribution in [2.45, 2.75) is 24.8 Å². The Kier molecular flexibility index (Phi) is 4.04. The summed E-state index contributed by atoms with van der Waals surface area (Å²) < 4.78 is 0. The van der Waals surface area contributed by atoms with Gasteiger partial charge in [-0.25, -0.2) is 0 Å². The molecule has 1 aliphatic carbocycles. The van der Waals surface area contributed by atoms with Gasteiger partial charge in [0.05, 0.1) is 12.1 Å². The molecule has 2 rings (SSSR count). The van der Waals surface area contributed by atoms with Crippen molar-refractivity contribution in [1.29, 1.82) is 0 Å². The molecule has 2 N–H and O–H groups in total. The number of aliphatic hydroxyl groups excluding tert-OH is 1. The Morgan fingerprint density at radius 1 is 1.39 bits per heavy atom. The smallest absolute Gasteiger partial charge is 0.244 e. The summed E-state index contributed by atoms with van der Waals surface area (Å²) in [6.45, 7) is 0.00747. The number of carbonyl (C=O) groups is 1. The zero-order valence-electron chi connectivity index (χ0n) is 10.0. The lowest BCUT2D eigenvalue weighted by Crippen LogP contribution is -2.55. The quantitative estimate of drug-likeness (QED) is 0.822. The molecule has 1 amide bonds. The number of nitrogens with one attached hydrogen (secondary N) is 1. The van der Waals surface area contributed by atoms with Crippen LogP contribution >= 0.6 is 11.6 Å². The van der Waals surface area contributed by atoms with E-state index in [2.05, 4.69) is 5.32 Å². The summed E-state index contributed by atoms with van der Waals surface area (Å²) in [7, 11) is 0. The predicted molar refractivity (Wildman–Crippen MR) is 72.3 cm³/mol. The van der Waals surface area contributed by atoms with Crippen LogP contribution in [0.2, 0.25) is 5.02 Å². The average molecular weight is 266 g/mol. The molecule has 18 heavy (non-hydrogen) atoms. The van der Waals surface area contributed by atoms with Gasteiger partial charge < -0.3 is 10.4 Å². The molecule has 0 aromatic heterocycles.